The zero-order valence-corrected chi connectivity index (χ0v) is 53.7. The average Bonchev–Trinajstić information content (AvgIpc) is 3.48. The summed E-state index contributed by atoms with van der Waals surface area (Å²) in [5.41, 5.74) is 0. The predicted molar refractivity (Wildman–Crippen MR) is 357 cm³/mol. The number of esters is 3. The van der Waals surface area contributed by atoms with Gasteiger partial charge in [0, 0.05) is 19.3 Å². The van der Waals surface area contributed by atoms with Crippen LogP contribution in [0.2, 0.25) is 0 Å². The second-order valence-corrected chi connectivity index (χ2v) is 22.7. The standard InChI is InChI=1S/C76H128O6/c1-4-7-10-13-16-19-22-24-26-28-30-32-34-36-37-38-39-41-42-44-46-48-50-52-54-57-60-63-66-69-75(78)81-72-73(71-80-74(77)68-65-62-59-56-21-18-15-12-9-6-3)82-76(79)70-67-64-61-58-55-53-51-49-47-45-43-40-35-33-31-29-27-25-23-20-17-14-11-8-5-2/h7,10,12,15-16,19,24,26,29-32,36-37,39,41,44,46,50,52,73H,4-6,8-9,11,13-14,17-18,20-23,25,27-28,33-35,38,40,42-43,45,47-49,51,53-72H2,1-3H3/b10-7-,15-12-,19-16-,26-24-,31-29-,32-30-,37-36-,41-39-,46-44-,52-50-. The fourth-order valence-corrected chi connectivity index (χ4v) is 9.52. The maximum Gasteiger partial charge on any atom is 0.306 e. The van der Waals surface area contributed by atoms with Crippen LogP contribution in [0.15, 0.2) is 122 Å². The van der Waals surface area contributed by atoms with E-state index in [9.17, 15) is 14.4 Å². The molecule has 0 amide bonds. The number of allylic oxidation sites excluding steroid dienone is 20. The molecule has 0 aromatic rings. The molecule has 0 saturated carbocycles. The third-order valence-electron chi connectivity index (χ3n) is 14.7. The molecule has 82 heavy (non-hydrogen) atoms. The highest BCUT2D eigenvalue weighted by Crippen LogP contribution is 2.16. The molecule has 0 aliphatic rings. The molecule has 0 N–H and O–H groups in total. The van der Waals surface area contributed by atoms with Gasteiger partial charge in [-0.2, -0.15) is 0 Å². The second-order valence-electron chi connectivity index (χ2n) is 22.7. The second kappa shape index (κ2) is 69.3. The minimum atomic E-state index is -0.796. The van der Waals surface area contributed by atoms with Crippen molar-refractivity contribution < 1.29 is 28.6 Å². The lowest BCUT2D eigenvalue weighted by molar-refractivity contribution is -0.167. The summed E-state index contributed by atoms with van der Waals surface area (Å²) in [4.78, 5) is 38.3. The van der Waals surface area contributed by atoms with E-state index in [1.165, 1.54) is 141 Å². The third kappa shape index (κ3) is 66.6. The number of carbonyl (C=O) groups is 3. The fraction of sp³-hybridized carbons (Fsp3) is 0.697. The van der Waals surface area contributed by atoms with Crippen molar-refractivity contribution in [2.24, 2.45) is 0 Å². The van der Waals surface area contributed by atoms with Crippen molar-refractivity contribution in [2.45, 2.75) is 329 Å². The lowest BCUT2D eigenvalue weighted by atomic mass is 10.0. The maximum atomic E-state index is 12.9. The molecule has 0 aliphatic carbocycles. The quantitative estimate of drug-likeness (QED) is 0.0261. The fourth-order valence-electron chi connectivity index (χ4n) is 9.52. The van der Waals surface area contributed by atoms with E-state index in [4.69, 9.17) is 14.2 Å². The van der Waals surface area contributed by atoms with Crippen LogP contribution >= 0.6 is 0 Å². The van der Waals surface area contributed by atoms with Crippen molar-refractivity contribution >= 4 is 17.9 Å². The van der Waals surface area contributed by atoms with Gasteiger partial charge < -0.3 is 14.2 Å². The van der Waals surface area contributed by atoms with E-state index in [-0.39, 0.29) is 31.1 Å². The summed E-state index contributed by atoms with van der Waals surface area (Å²) in [6.07, 6.45) is 96.6. The van der Waals surface area contributed by atoms with Gasteiger partial charge in [-0.25, -0.2) is 0 Å². The summed E-state index contributed by atoms with van der Waals surface area (Å²) in [6, 6.07) is 0. The highest BCUT2D eigenvalue weighted by Gasteiger charge is 2.19. The maximum absolute atomic E-state index is 12.9. The zero-order valence-electron chi connectivity index (χ0n) is 53.7. The van der Waals surface area contributed by atoms with Crippen LogP contribution in [-0.2, 0) is 28.6 Å². The first-order chi connectivity index (χ1) is 40.5. The first-order valence-corrected chi connectivity index (χ1v) is 34.5. The highest BCUT2D eigenvalue weighted by molar-refractivity contribution is 5.71. The van der Waals surface area contributed by atoms with Crippen LogP contribution in [0.5, 0.6) is 0 Å². The molecule has 0 spiro atoms. The third-order valence-corrected chi connectivity index (χ3v) is 14.7. The summed E-state index contributed by atoms with van der Waals surface area (Å²) in [6.45, 7) is 6.46. The number of carbonyl (C=O) groups excluding carboxylic acids is 3. The van der Waals surface area contributed by atoms with Crippen LogP contribution in [0.1, 0.15) is 323 Å². The average molecular weight is 1140 g/mol. The number of hydrogen-bond acceptors (Lipinski definition) is 6. The lowest BCUT2D eigenvalue weighted by Gasteiger charge is -2.18. The molecule has 0 heterocycles. The first-order valence-electron chi connectivity index (χ1n) is 34.5. The minimum absolute atomic E-state index is 0.0915. The summed E-state index contributed by atoms with van der Waals surface area (Å²) in [7, 11) is 0. The van der Waals surface area contributed by atoms with Crippen molar-refractivity contribution in [2.75, 3.05) is 13.2 Å². The van der Waals surface area contributed by atoms with Gasteiger partial charge in [0.2, 0.25) is 0 Å². The summed E-state index contributed by atoms with van der Waals surface area (Å²) < 4.78 is 16.9. The first kappa shape index (κ1) is 77.8. The van der Waals surface area contributed by atoms with E-state index in [0.717, 1.165) is 141 Å². The smallest absolute Gasteiger partial charge is 0.306 e. The van der Waals surface area contributed by atoms with E-state index in [1.54, 1.807) is 0 Å². The van der Waals surface area contributed by atoms with Crippen LogP contribution in [0.3, 0.4) is 0 Å². The predicted octanol–water partition coefficient (Wildman–Crippen LogP) is 23.9. The van der Waals surface area contributed by atoms with E-state index in [0.29, 0.717) is 19.3 Å². The Balaban J connectivity index is 4.28. The summed E-state index contributed by atoms with van der Waals surface area (Å²) in [5.74, 6) is -0.920. The largest absolute Gasteiger partial charge is 0.462 e. The van der Waals surface area contributed by atoms with E-state index >= 15 is 0 Å². The number of ether oxygens (including phenoxy) is 3. The molecule has 0 rings (SSSR count). The van der Waals surface area contributed by atoms with Crippen LogP contribution in [0, 0.1) is 0 Å². The molecule has 6 nitrogen and oxygen atoms in total. The summed E-state index contributed by atoms with van der Waals surface area (Å²) >= 11 is 0. The van der Waals surface area contributed by atoms with Gasteiger partial charge in [0.25, 0.3) is 0 Å². The van der Waals surface area contributed by atoms with Crippen molar-refractivity contribution in [3.8, 4) is 0 Å². The van der Waals surface area contributed by atoms with E-state index < -0.39 is 6.10 Å². The van der Waals surface area contributed by atoms with Gasteiger partial charge >= 0.3 is 17.9 Å². The van der Waals surface area contributed by atoms with E-state index in [2.05, 4.69) is 142 Å². The van der Waals surface area contributed by atoms with Crippen molar-refractivity contribution in [3.05, 3.63) is 122 Å². The van der Waals surface area contributed by atoms with Gasteiger partial charge in [0.05, 0.1) is 0 Å². The molecule has 468 valence electrons. The van der Waals surface area contributed by atoms with Gasteiger partial charge in [0.1, 0.15) is 13.2 Å². The molecule has 1 atom stereocenters. The Labute approximate surface area is 507 Å². The highest BCUT2D eigenvalue weighted by atomic mass is 16.6. The monoisotopic (exact) mass is 1140 g/mol. The molecule has 0 aromatic heterocycles. The van der Waals surface area contributed by atoms with Crippen molar-refractivity contribution in [1.29, 1.82) is 0 Å². The van der Waals surface area contributed by atoms with Crippen LogP contribution in [0.4, 0.5) is 0 Å². The lowest BCUT2D eigenvalue weighted by Crippen LogP contribution is -2.30. The zero-order chi connectivity index (χ0) is 59.2. The van der Waals surface area contributed by atoms with Gasteiger partial charge in [-0.15, -0.1) is 0 Å². The van der Waals surface area contributed by atoms with Gasteiger partial charge in [-0.1, -0.05) is 296 Å². The Kier molecular flexibility index (Phi) is 65.8. The van der Waals surface area contributed by atoms with Gasteiger partial charge in [-0.05, 0) is 128 Å². The number of rotatable bonds is 62. The SMILES string of the molecule is CC/C=C\C/C=C\C/C=C\C/C=C\C/C=C\C/C=C\C/C=C\C/C=C\CCCCCCC(=O)OCC(COC(=O)CCCCCCC/C=C\CCC)OC(=O)CCCCCCCCCCCCCCC/C=C\CCCCCCCCCC. The van der Waals surface area contributed by atoms with Gasteiger partial charge in [-0.3, -0.25) is 14.4 Å². The molecule has 0 saturated heterocycles. The molecule has 0 aromatic carbocycles. The Morgan fingerprint density at radius 2 is 0.500 bits per heavy atom. The van der Waals surface area contributed by atoms with E-state index in [1.807, 2.05) is 0 Å². The Morgan fingerprint density at radius 1 is 0.256 bits per heavy atom. The molecular weight excluding hydrogens is 1010 g/mol. The van der Waals surface area contributed by atoms with Crippen LogP contribution in [-0.4, -0.2) is 37.2 Å². The molecule has 0 fully saturated rings. The van der Waals surface area contributed by atoms with Crippen molar-refractivity contribution in [3.63, 3.8) is 0 Å². The Bertz CT molecular complexity index is 1690. The van der Waals surface area contributed by atoms with Crippen LogP contribution in [0.25, 0.3) is 0 Å². The molecule has 1 unspecified atom stereocenters. The Hall–Kier alpha value is -4.19. The topological polar surface area (TPSA) is 78.9 Å². The van der Waals surface area contributed by atoms with Gasteiger partial charge in [0.15, 0.2) is 6.10 Å². The minimum Gasteiger partial charge on any atom is -0.462 e. The molecule has 6 heteroatoms. The number of hydrogen-bond donors (Lipinski definition) is 0. The number of unbranched alkanes of at least 4 members (excludes halogenated alkanes) is 31. The Morgan fingerprint density at radius 3 is 0.805 bits per heavy atom. The summed E-state index contributed by atoms with van der Waals surface area (Å²) in [5, 5.41) is 0. The van der Waals surface area contributed by atoms with Crippen LogP contribution < -0.4 is 0 Å². The molecule has 0 radical (unpaired) electrons. The molecule has 0 bridgehead atoms. The normalized spacial score (nSPS) is 12.9. The van der Waals surface area contributed by atoms with Crippen molar-refractivity contribution in [1.82, 2.24) is 0 Å². The molecular formula is C76H128O6. The molecule has 0 aliphatic heterocycles.